The first-order chi connectivity index (χ1) is 11.6. The number of likely N-dealkylation sites (tertiary alicyclic amines) is 1. The Morgan fingerprint density at radius 2 is 2.08 bits per heavy atom. The highest BCUT2D eigenvalue weighted by atomic mass is 16.6. The Morgan fingerprint density at radius 1 is 1.21 bits per heavy atom. The molecule has 24 heavy (non-hydrogen) atoms. The third-order valence-corrected chi connectivity index (χ3v) is 8.38. The van der Waals surface area contributed by atoms with Gasteiger partial charge in [-0.3, -0.25) is 0 Å². The van der Waals surface area contributed by atoms with E-state index in [9.17, 15) is 0 Å². The van der Waals surface area contributed by atoms with Gasteiger partial charge < -0.3 is 19.1 Å². The molecule has 2 spiro atoms. The van der Waals surface area contributed by atoms with Gasteiger partial charge in [-0.15, -0.1) is 0 Å². The van der Waals surface area contributed by atoms with Gasteiger partial charge in [0, 0.05) is 29.5 Å². The normalized spacial score (nSPS) is 46.8. The van der Waals surface area contributed by atoms with Crippen molar-refractivity contribution in [1.29, 1.82) is 0 Å². The highest BCUT2D eigenvalue weighted by Crippen LogP contribution is 2.78. The van der Waals surface area contributed by atoms with Crippen molar-refractivity contribution in [2.75, 3.05) is 27.8 Å². The van der Waals surface area contributed by atoms with E-state index in [1.54, 1.807) is 7.11 Å². The molecule has 128 valence electrons. The second kappa shape index (κ2) is 3.94. The van der Waals surface area contributed by atoms with Crippen molar-refractivity contribution in [2.45, 2.75) is 55.3 Å². The summed E-state index contributed by atoms with van der Waals surface area (Å²) in [6, 6.07) is 5.00. The molecule has 4 heteroatoms. The van der Waals surface area contributed by atoms with Crippen LogP contribution in [0.15, 0.2) is 12.1 Å². The van der Waals surface area contributed by atoms with Crippen LogP contribution < -0.4 is 9.47 Å². The number of ether oxygens (including phenoxy) is 3. The average Bonchev–Trinajstić information content (AvgIpc) is 3.22. The topological polar surface area (TPSA) is 30.9 Å². The quantitative estimate of drug-likeness (QED) is 0.835. The zero-order valence-corrected chi connectivity index (χ0v) is 14.7. The van der Waals surface area contributed by atoms with Crippen LogP contribution in [-0.4, -0.2) is 50.5 Å². The lowest BCUT2D eigenvalue weighted by Crippen LogP contribution is -2.67. The molecule has 2 aliphatic heterocycles. The molecule has 5 aliphatic rings. The van der Waals surface area contributed by atoms with Gasteiger partial charge in [0.25, 0.3) is 0 Å². The van der Waals surface area contributed by atoms with Crippen LogP contribution in [0.3, 0.4) is 0 Å². The van der Waals surface area contributed by atoms with Gasteiger partial charge in [-0.1, -0.05) is 6.07 Å². The maximum atomic E-state index is 6.71. The summed E-state index contributed by atoms with van der Waals surface area (Å²) in [6.07, 6.45) is 6.04. The van der Waals surface area contributed by atoms with Gasteiger partial charge in [-0.2, -0.15) is 0 Å². The highest BCUT2D eigenvalue weighted by molar-refractivity contribution is 5.64. The smallest absolute Gasteiger partial charge is 0.165 e. The number of piperidine rings is 1. The molecule has 4 nitrogen and oxygen atoms in total. The maximum Gasteiger partial charge on any atom is 0.165 e. The molecule has 1 saturated heterocycles. The minimum Gasteiger partial charge on any atom is -0.493 e. The summed E-state index contributed by atoms with van der Waals surface area (Å²) in [7, 11) is 5.97. The number of benzene rings is 1. The van der Waals surface area contributed by atoms with Crippen LogP contribution in [0.2, 0.25) is 0 Å². The van der Waals surface area contributed by atoms with Gasteiger partial charge in [0.05, 0.1) is 7.11 Å². The van der Waals surface area contributed by atoms with Gasteiger partial charge in [0.2, 0.25) is 0 Å². The van der Waals surface area contributed by atoms with Gasteiger partial charge in [0.15, 0.2) is 11.5 Å². The summed E-state index contributed by atoms with van der Waals surface area (Å²) in [5.41, 5.74) is 3.29. The summed E-state index contributed by atoms with van der Waals surface area (Å²) in [6.45, 7) is 1.15. The van der Waals surface area contributed by atoms with E-state index in [-0.39, 0.29) is 17.1 Å². The van der Waals surface area contributed by atoms with E-state index in [0.717, 1.165) is 37.3 Å². The van der Waals surface area contributed by atoms with Gasteiger partial charge >= 0.3 is 0 Å². The Hall–Kier alpha value is -1.26. The van der Waals surface area contributed by atoms with E-state index in [1.165, 1.54) is 24.0 Å². The number of hydrogen-bond donors (Lipinski definition) is 0. The number of nitrogens with zero attached hydrogens (tertiary/aromatic N) is 1. The Labute approximate surface area is 143 Å². The average molecular weight is 327 g/mol. The number of fused-ring (bicyclic) bond motifs is 2. The highest BCUT2D eigenvalue weighted by Gasteiger charge is 2.82. The molecule has 6 rings (SSSR count). The molecule has 0 radical (unpaired) electrons. The predicted molar refractivity (Wildman–Crippen MR) is 89.9 cm³/mol. The van der Waals surface area contributed by atoms with E-state index in [0.29, 0.717) is 11.5 Å². The second-order valence-electron chi connectivity index (χ2n) is 8.65. The Balaban J connectivity index is 1.71. The molecule has 5 atom stereocenters. The first-order valence-electron chi connectivity index (χ1n) is 9.24. The zero-order chi connectivity index (χ0) is 16.3. The summed E-state index contributed by atoms with van der Waals surface area (Å²) >= 11 is 0. The maximum absolute atomic E-state index is 6.71. The minimum atomic E-state index is -0.116. The molecule has 3 fully saturated rings. The van der Waals surface area contributed by atoms with Crippen LogP contribution in [0.5, 0.6) is 11.5 Å². The third-order valence-electron chi connectivity index (χ3n) is 8.38. The largest absolute Gasteiger partial charge is 0.493 e. The summed E-state index contributed by atoms with van der Waals surface area (Å²) in [5.74, 6) is 1.92. The van der Waals surface area contributed by atoms with Crippen molar-refractivity contribution in [3.8, 4) is 11.5 Å². The van der Waals surface area contributed by atoms with E-state index in [2.05, 4.69) is 24.1 Å². The fraction of sp³-hybridized carbons (Fsp3) is 0.700. The monoisotopic (exact) mass is 327 g/mol. The lowest BCUT2D eigenvalue weighted by Gasteiger charge is -2.60. The van der Waals surface area contributed by atoms with Crippen LogP contribution in [-0.2, 0) is 16.6 Å². The Kier molecular flexibility index (Phi) is 2.29. The molecule has 0 amide bonds. The molecule has 2 heterocycles. The van der Waals surface area contributed by atoms with E-state index < -0.39 is 0 Å². The number of rotatable bonds is 2. The number of hydrogen-bond acceptors (Lipinski definition) is 4. The van der Waals surface area contributed by atoms with Crippen LogP contribution in [0.4, 0.5) is 0 Å². The van der Waals surface area contributed by atoms with Crippen molar-refractivity contribution in [3.05, 3.63) is 23.3 Å². The van der Waals surface area contributed by atoms with Gasteiger partial charge in [0.1, 0.15) is 11.7 Å². The molecule has 4 bridgehead atoms. The van der Waals surface area contributed by atoms with Crippen molar-refractivity contribution < 1.29 is 14.2 Å². The Bertz CT molecular complexity index is 763. The van der Waals surface area contributed by atoms with Crippen molar-refractivity contribution in [1.82, 2.24) is 4.90 Å². The summed E-state index contributed by atoms with van der Waals surface area (Å²) in [5, 5.41) is 0. The summed E-state index contributed by atoms with van der Waals surface area (Å²) in [4.78, 5) is 2.62. The molecule has 0 N–H and O–H groups in total. The molecule has 3 aliphatic carbocycles. The second-order valence-corrected chi connectivity index (χ2v) is 8.65. The lowest BCUT2D eigenvalue weighted by molar-refractivity contribution is -0.113. The van der Waals surface area contributed by atoms with Crippen LogP contribution in [0.25, 0.3) is 0 Å². The molecular weight excluding hydrogens is 302 g/mol. The van der Waals surface area contributed by atoms with Crippen LogP contribution >= 0.6 is 0 Å². The van der Waals surface area contributed by atoms with E-state index >= 15 is 0 Å². The molecule has 2 saturated carbocycles. The van der Waals surface area contributed by atoms with Crippen LogP contribution in [0, 0.1) is 5.41 Å². The fourth-order valence-corrected chi connectivity index (χ4v) is 7.57. The number of methoxy groups -OCH3 is 2. The lowest BCUT2D eigenvalue weighted by atomic mass is 9.48. The molecule has 2 unspecified atom stereocenters. The van der Waals surface area contributed by atoms with Crippen LogP contribution in [0.1, 0.15) is 36.8 Å². The van der Waals surface area contributed by atoms with Crippen molar-refractivity contribution in [3.63, 3.8) is 0 Å². The molecule has 0 aromatic heterocycles. The van der Waals surface area contributed by atoms with E-state index in [4.69, 9.17) is 14.2 Å². The fourth-order valence-electron chi connectivity index (χ4n) is 7.57. The molecule has 1 aromatic carbocycles. The zero-order valence-electron chi connectivity index (χ0n) is 14.7. The first-order valence-corrected chi connectivity index (χ1v) is 9.24. The SMILES string of the molecule is COc1ccc2c3c1O[C@@H]1C34CCN(C)C(C2)[C@@]42CC[C@]1(OC)C2. The first kappa shape index (κ1) is 14.0. The minimum absolute atomic E-state index is 0.116. The standard InChI is InChI=1S/C20H25NO3/c1-21-9-8-20-15-12-4-5-13(22-2)16(15)24-17(20)19(23-3)7-6-18(20,11-19)14(21)10-12/h4-5,14,17H,6-11H2,1-3H3/t14?,17-,18-,19-,20?/m0/s1. The summed E-state index contributed by atoms with van der Waals surface area (Å²) < 4.78 is 18.6. The Morgan fingerprint density at radius 3 is 2.88 bits per heavy atom. The number of likely N-dealkylation sites (N-methyl/N-ethyl adjacent to an activating group) is 1. The third kappa shape index (κ3) is 1.13. The van der Waals surface area contributed by atoms with Gasteiger partial charge in [-0.25, -0.2) is 0 Å². The predicted octanol–water partition coefficient (Wildman–Crippen LogP) is 2.52. The van der Waals surface area contributed by atoms with Gasteiger partial charge in [-0.05, 0) is 57.3 Å². The molecular formula is C20H25NO3. The van der Waals surface area contributed by atoms with Crippen molar-refractivity contribution in [2.24, 2.45) is 5.41 Å². The van der Waals surface area contributed by atoms with E-state index in [1.807, 2.05) is 7.11 Å². The molecule has 1 aromatic rings. The van der Waals surface area contributed by atoms with Crippen molar-refractivity contribution >= 4 is 0 Å².